The Kier molecular flexibility index (Phi) is 9.49. The first-order valence-electron chi connectivity index (χ1n) is 12.8. The number of hydrogen-bond acceptors (Lipinski definition) is 5. The fourth-order valence-corrected chi connectivity index (χ4v) is 12.5. The van der Waals surface area contributed by atoms with Crippen molar-refractivity contribution in [2.75, 3.05) is 0 Å². The zero-order chi connectivity index (χ0) is 27.1. The average molecular weight is 532 g/mol. The lowest BCUT2D eigenvalue weighted by atomic mass is 10.0. The fourth-order valence-electron chi connectivity index (χ4n) is 4.32. The third kappa shape index (κ3) is 8.15. The van der Waals surface area contributed by atoms with Gasteiger partial charge in [0.15, 0.2) is 8.32 Å². The van der Waals surface area contributed by atoms with Gasteiger partial charge in [0.25, 0.3) is 0 Å². The van der Waals surface area contributed by atoms with Crippen LogP contribution in [0.15, 0.2) is 72.8 Å². The highest BCUT2D eigenvalue weighted by Crippen LogP contribution is 2.32. The molecule has 0 fully saturated rings. The number of benzene rings is 3. The monoisotopic (exact) mass is 531 g/mol. The van der Waals surface area contributed by atoms with E-state index in [-0.39, 0.29) is 5.73 Å². The molecule has 1 unspecified atom stereocenters. The van der Waals surface area contributed by atoms with Crippen LogP contribution < -0.4 is 9.47 Å². The van der Waals surface area contributed by atoms with Crippen LogP contribution in [-0.2, 0) is 4.12 Å². The van der Waals surface area contributed by atoms with Crippen molar-refractivity contribution in [2.45, 2.75) is 64.6 Å². The Bertz CT molecular complexity index is 1230. The summed E-state index contributed by atoms with van der Waals surface area (Å²) in [6.45, 7) is 13.3. The third-order valence-corrected chi connectivity index (χ3v) is 12.4. The highest BCUT2D eigenvalue weighted by atomic mass is 28.4. The number of carbonyl (C=O) groups is 1. The predicted octanol–water partition coefficient (Wildman–Crippen LogP) is 7.98. The van der Waals surface area contributed by atoms with Crippen molar-refractivity contribution in [3.63, 3.8) is 0 Å². The second-order valence-corrected chi connectivity index (χ2v) is 19.6. The summed E-state index contributed by atoms with van der Waals surface area (Å²) < 4.78 is 18.8. The van der Waals surface area contributed by atoms with Crippen molar-refractivity contribution in [3.8, 4) is 28.7 Å². The molecule has 0 aliphatic heterocycles. The first-order chi connectivity index (χ1) is 17.5. The summed E-state index contributed by atoms with van der Waals surface area (Å²) in [4.78, 5) is 13.0. The molecule has 0 heterocycles. The van der Waals surface area contributed by atoms with Gasteiger partial charge < -0.3 is 13.6 Å². The Morgan fingerprint density at radius 1 is 0.946 bits per heavy atom. The number of rotatable bonds is 11. The highest BCUT2D eigenvalue weighted by molar-refractivity contribution is 6.84. The fraction of sp³-hybridized carbons (Fsp3) is 0.333. The highest BCUT2D eigenvalue weighted by Gasteiger charge is 2.39. The van der Waals surface area contributed by atoms with Gasteiger partial charge in [-0.05, 0) is 87.2 Å². The van der Waals surface area contributed by atoms with Gasteiger partial charge in [-0.1, -0.05) is 50.1 Å². The van der Waals surface area contributed by atoms with Crippen molar-refractivity contribution < 1.29 is 18.4 Å². The lowest BCUT2D eigenvalue weighted by Crippen LogP contribution is -2.53. The van der Waals surface area contributed by atoms with Gasteiger partial charge in [-0.2, -0.15) is 5.26 Å². The molecule has 5 nitrogen and oxygen atoms in total. The number of hydrogen-bond donors (Lipinski definition) is 0. The molecule has 7 heteroatoms. The summed E-state index contributed by atoms with van der Waals surface area (Å²) in [5.41, 5.74) is 2.52. The molecule has 1 atom stereocenters. The van der Waals surface area contributed by atoms with E-state index in [9.17, 15) is 10.1 Å². The predicted molar refractivity (Wildman–Crippen MR) is 154 cm³/mol. The first kappa shape index (κ1) is 28.4. The summed E-state index contributed by atoms with van der Waals surface area (Å²) in [5.74, 6) is 0.582. The van der Waals surface area contributed by atoms with Crippen molar-refractivity contribution in [1.29, 1.82) is 5.26 Å². The Balaban J connectivity index is 1.79. The van der Waals surface area contributed by atoms with Gasteiger partial charge in [0.1, 0.15) is 17.2 Å². The van der Waals surface area contributed by atoms with Crippen molar-refractivity contribution >= 4 is 22.6 Å². The molecule has 0 spiro atoms. The zero-order valence-corrected chi connectivity index (χ0v) is 24.7. The second kappa shape index (κ2) is 12.4. The number of unbranched alkanes of at least 4 members (excludes halogenated alkanes) is 1. The van der Waals surface area contributed by atoms with E-state index in [2.05, 4.69) is 45.7 Å². The maximum absolute atomic E-state index is 13.0. The lowest BCUT2D eigenvalue weighted by Gasteiger charge is -2.37. The molecule has 0 amide bonds. The van der Waals surface area contributed by atoms with Crippen molar-refractivity contribution in [1.82, 2.24) is 0 Å². The van der Waals surface area contributed by atoms with Gasteiger partial charge in [-0.25, -0.2) is 4.79 Å². The van der Waals surface area contributed by atoms with E-state index in [1.54, 1.807) is 30.3 Å². The Morgan fingerprint density at radius 3 is 2.22 bits per heavy atom. The molecule has 0 aliphatic rings. The summed E-state index contributed by atoms with van der Waals surface area (Å²) in [5, 5.41) is 9.34. The Hall–Kier alpha value is -3.19. The van der Waals surface area contributed by atoms with Gasteiger partial charge >= 0.3 is 5.97 Å². The average Bonchev–Trinajstić information content (AvgIpc) is 2.85. The number of nitriles is 1. The van der Waals surface area contributed by atoms with E-state index in [1.807, 2.05) is 42.5 Å². The number of ether oxygens (including phenoxy) is 2. The molecule has 0 saturated heterocycles. The van der Waals surface area contributed by atoms with Crippen LogP contribution in [0.25, 0.3) is 11.1 Å². The molecule has 37 heavy (non-hydrogen) atoms. The molecule has 0 radical (unpaired) electrons. The molecule has 0 aliphatic carbocycles. The van der Waals surface area contributed by atoms with Crippen LogP contribution >= 0.6 is 0 Å². The van der Waals surface area contributed by atoms with Crippen LogP contribution in [0, 0.1) is 11.3 Å². The van der Waals surface area contributed by atoms with Crippen LogP contribution in [0.1, 0.15) is 42.1 Å². The minimum Gasteiger partial charge on any atom is -0.491 e. The number of nitrogens with zero attached hydrogens (tertiary/aromatic N) is 1. The van der Waals surface area contributed by atoms with Crippen LogP contribution in [0.3, 0.4) is 0 Å². The zero-order valence-electron chi connectivity index (χ0n) is 22.7. The van der Waals surface area contributed by atoms with E-state index < -0.39 is 22.6 Å². The van der Waals surface area contributed by atoms with E-state index in [1.165, 1.54) is 0 Å². The molecule has 0 bridgehead atoms. The molecule has 0 aromatic heterocycles. The first-order valence-corrected chi connectivity index (χ1v) is 19.2. The van der Waals surface area contributed by atoms with Crippen molar-refractivity contribution in [3.05, 3.63) is 83.9 Å². The van der Waals surface area contributed by atoms with E-state index in [0.29, 0.717) is 22.6 Å². The summed E-state index contributed by atoms with van der Waals surface area (Å²) in [7, 11) is -3.81. The van der Waals surface area contributed by atoms with Gasteiger partial charge in [-0.3, -0.25) is 0 Å². The van der Waals surface area contributed by atoms with Crippen LogP contribution in [0.4, 0.5) is 0 Å². The minimum atomic E-state index is -2.10. The second-order valence-electron chi connectivity index (χ2n) is 10.7. The molecule has 3 aromatic carbocycles. The molecule has 3 aromatic rings. The molecule has 0 saturated carbocycles. The molecule has 3 rings (SSSR count). The van der Waals surface area contributed by atoms with Crippen LogP contribution in [0.5, 0.6) is 11.5 Å². The van der Waals surface area contributed by atoms with E-state index in [0.717, 1.165) is 30.4 Å². The van der Waals surface area contributed by atoms with Crippen molar-refractivity contribution in [2.24, 2.45) is 0 Å². The van der Waals surface area contributed by atoms with Gasteiger partial charge in [0, 0.05) is 5.56 Å². The van der Waals surface area contributed by atoms with Gasteiger partial charge in [-0.15, -0.1) is 0 Å². The largest absolute Gasteiger partial charge is 0.491 e. The van der Waals surface area contributed by atoms with E-state index in [4.69, 9.17) is 13.6 Å². The maximum Gasteiger partial charge on any atom is 0.343 e. The van der Waals surface area contributed by atoms with Crippen LogP contribution in [0.2, 0.25) is 32.7 Å². The Morgan fingerprint density at radius 2 is 1.62 bits per heavy atom. The standard InChI is InChI=1S/C30H37NO4Si2/c1-7-8-14-29(37(5,6)35-36(2,3)4)33-26-18-16-25(17-19-26)30(32)34-28-21-23(22-31)15-20-27(28)24-12-10-9-11-13-24/h9-13,15-21,29H,7-8,14H2,1-6H3. The molecular weight excluding hydrogens is 495 g/mol. The Labute approximate surface area is 223 Å². The van der Waals surface area contributed by atoms with Crippen LogP contribution in [-0.4, -0.2) is 28.3 Å². The summed E-state index contributed by atoms with van der Waals surface area (Å²) >= 11 is 0. The number of carbonyl (C=O) groups excluding carboxylic acids is 1. The lowest BCUT2D eigenvalue weighted by molar-refractivity contribution is 0.0735. The SMILES string of the molecule is CCCCC(Oc1ccc(C(=O)Oc2cc(C#N)ccc2-c2ccccc2)cc1)[Si](C)(C)O[Si](C)(C)C. The summed E-state index contributed by atoms with van der Waals surface area (Å²) in [6, 6.07) is 24.0. The number of esters is 1. The molecule has 0 N–H and O–H groups in total. The minimum absolute atomic E-state index is 0.0270. The molecular formula is C30H37NO4Si2. The topological polar surface area (TPSA) is 68.5 Å². The normalized spacial score (nSPS) is 12.5. The quantitative estimate of drug-likeness (QED) is 0.142. The third-order valence-electron chi connectivity index (χ3n) is 5.93. The maximum atomic E-state index is 13.0. The smallest absolute Gasteiger partial charge is 0.343 e. The van der Waals surface area contributed by atoms with Gasteiger partial charge in [0.2, 0.25) is 8.32 Å². The summed E-state index contributed by atoms with van der Waals surface area (Å²) in [6.07, 6.45) is 3.12. The molecule has 194 valence electrons. The van der Waals surface area contributed by atoms with E-state index >= 15 is 0 Å². The van der Waals surface area contributed by atoms with Gasteiger partial charge in [0.05, 0.1) is 17.2 Å².